The van der Waals surface area contributed by atoms with Crippen LogP contribution < -0.4 is 9.47 Å². The predicted molar refractivity (Wildman–Crippen MR) is 113 cm³/mol. The van der Waals surface area contributed by atoms with Crippen LogP contribution in [-0.2, 0) is 19.3 Å². The highest BCUT2D eigenvalue weighted by atomic mass is 19.4. The number of benzene rings is 1. The Morgan fingerprint density at radius 2 is 1.72 bits per heavy atom. The van der Waals surface area contributed by atoms with Gasteiger partial charge in [-0.2, -0.15) is 13.2 Å². The van der Waals surface area contributed by atoms with E-state index in [0.717, 1.165) is 23.1 Å². The van der Waals surface area contributed by atoms with Gasteiger partial charge >= 0.3 is 6.18 Å². The molecule has 3 aliphatic heterocycles. The lowest BCUT2D eigenvalue weighted by atomic mass is 9.90. The van der Waals surface area contributed by atoms with Crippen molar-refractivity contribution < 1.29 is 27.8 Å². The second-order valence-corrected chi connectivity index (χ2v) is 8.28. The predicted octanol–water partition coefficient (Wildman–Crippen LogP) is 4.05. The quantitative estimate of drug-likeness (QED) is 0.615. The number of hydrogen-bond acceptors (Lipinski definition) is 5. The first-order valence-electron chi connectivity index (χ1n) is 10.4. The standard InChI is InChI=1S/C23H26F3N3O3/c1-31-18-10-16(11-19(13-18)32-2)14-28-8-5-22(30,6-9-28)15-29-7-3-4-17-12-20(23(24,25)26)27-21(17)29/h3-4,7,10-13,30H,5-6,8-9,14-15H2,1-2H3. The van der Waals surface area contributed by atoms with Crippen LogP contribution in [0.25, 0.3) is 11.4 Å². The molecule has 0 spiro atoms. The molecule has 0 unspecified atom stereocenters. The zero-order valence-corrected chi connectivity index (χ0v) is 18.0. The van der Waals surface area contributed by atoms with E-state index in [1.165, 1.54) is 0 Å². The van der Waals surface area contributed by atoms with E-state index < -0.39 is 17.5 Å². The van der Waals surface area contributed by atoms with Crippen molar-refractivity contribution in [3.63, 3.8) is 0 Å². The second-order valence-electron chi connectivity index (χ2n) is 8.28. The summed E-state index contributed by atoms with van der Waals surface area (Å²) >= 11 is 0. The van der Waals surface area contributed by atoms with Crippen molar-refractivity contribution in [2.24, 2.45) is 0 Å². The number of hydrogen-bond donors (Lipinski definition) is 1. The zero-order valence-electron chi connectivity index (χ0n) is 18.0. The van der Waals surface area contributed by atoms with Crippen LogP contribution in [0, 0.1) is 0 Å². The molecule has 3 heterocycles. The number of pyridine rings is 1. The third kappa shape index (κ3) is 4.83. The number of piperidine rings is 1. The van der Waals surface area contributed by atoms with Crippen molar-refractivity contribution in [3.05, 3.63) is 53.9 Å². The molecule has 1 aromatic rings. The highest BCUT2D eigenvalue weighted by Crippen LogP contribution is 2.35. The Kier molecular flexibility index (Phi) is 6.05. The largest absolute Gasteiger partial charge is 0.497 e. The SMILES string of the molecule is COc1cc(CN2CCC(O)(Cn3cccc4cc(C(F)(F)F)nc3-4)CC2)cc(OC)c1. The maximum absolute atomic E-state index is 13.1. The lowest BCUT2D eigenvalue weighted by Gasteiger charge is -2.39. The van der Waals surface area contributed by atoms with Crippen LogP contribution >= 0.6 is 0 Å². The van der Waals surface area contributed by atoms with Crippen LogP contribution in [0.15, 0.2) is 42.6 Å². The maximum Gasteiger partial charge on any atom is 0.433 e. The van der Waals surface area contributed by atoms with E-state index in [2.05, 4.69) is 9.88 Å². The minimum atomic E-state index is -4.50. The molecule has 32 heavy (non-hydrogen) atoms. The van der Waals surface area contributed by atoms with Gasteiger partial charge in [0.15, 0.2) is 0 Å². The first-order chi connectivity index (χ1) is 15.2. The first-order valence-corrected chi connectivity index (χ1v) is 10.4. The van der Waals surface area contributed by atoms with Gasteiger partial charge in [0.05, 0.1) is 26.4 Å². The van der Waals surface area contributed by atoms with Gasteiger partial charge < -0.3 is 19.1 Å². The number of alkyl halides is 3. The molecule has 6 nitrogen and oxygen atoms in total. The molecule has 0 atom stereocenters. The van der Waals surface area contributed by atoms with E-state index in [-0.39, 0.29) is 12.4 Å². The minimum absolute atomic E-state index is 0.194. The topological polar surface area (TPSA) is 59.8 Å². The molecule has 0 aromatic heterocycles. The molecule has 4 rings (SSSR count). The molecule has 0 bridgehead atoms. The number of nitrogens with zero attached hydrogens (tertiary/aromatic N) is 3. The Bertz CT molecular complexity index is 1020. The number of aromatic nitrogens is 2. The highest BCUT2D eigenvalue weighted by molar-refractivity contribution is 5.59. The van der Waals surface area contributed by atoms with Gasteiger partial charge in [0.1, 0.15) is 23.0 Å². The highest BCUT2D eigenvalue weighted by Gasteiger charge is 2.37. The third-order valence-electron chi connectivity index (χ3n) is 5.95. The zero-order chi connectivity index (χ0) is 22.9. The Labute approximate surface area is 184 Å². The van der Waals surface area contributed by atoms with Gasteiger partial charge in [0.2, 0.25) is 0 Å². The lowest BCUT2D eigenvalue weighted by Crippen LogP contribution is -2.46. The summed E-state index contributed by atoms with van der Waals surface area (Å²) in [5.41, 5.74) is -0.471. The summed E-state index contributed by atoms with van der Waals surface area (Å²) in [4.78, 5) is 6.01. The molecular formula is C23H26F3N3O3. The molecule has 0 radical (unpaired) electrons. The van der Waals surface area contributed by atoms with E-state index >= 15 is 0 Å². The maximum atomic E-state index is 13.1. The van der Waals surface area contributed by atoms with Crippen LogP contribution in [0.1, 0.15) is 24.1 Å². The van der Waals surface area contributed by atoms with Gasteiger partial charge in [-0.05, 0) is 48.7 Å². The van der Waals surface area contributed by atoms with Gasteiger partial charge in [-0.3, -0.25) is 4.90 Å². The second kappa shape index (κ2) is 8.63. The van der Waals surface area contributed by atoms with Crippen LogP contribution in [0.3, 0.4) is 0 Å². The molecule has 3 aliphatic rings. The van der Waals surface area contributed by atoms with E-state index in [0.29, 0.717) is 38.0 Å². The molecule has 0 saturated carbocycles. The van der Waals surface area contributed by atoms with Crippen molar-refractivity contribution in [2.75, 3.05) is 27.3 Å². The minimum Gasteiger partial charge on any atom is -0.497 e. The molecule has 9 heteroatoms. The van der Waals surface area contributed by atoms with Crippen molar-refractivity contribution in [1.29, 1.82) is 0 Å². The summed E-state index contributed by atoms with van der Waals surface area (Å²) < 4.78 is 51.5. The third-order valence-corrected chi connectivity index (χ3v) is 5.95. The fourth-order valence-electron chi connectivity index (χ4n) is 4.19. The summed E-state index contributed by atoms with van der Waals surface area (Å²) in [5, 5.41) is 11.2. The fourth-order valence-corrected chi connectivity index (χ4v) is 4.19. The van der Waals surface area contributed by atoms with Crippen molar-refractivity contribution in [2.45, 2.75) is 37.7 Å². The summed E-state index contributed by atoms with van der Waals surface area (Å²) in [6.45, 7) is 2.20. The average Bonchev–Trinajstić information content (AvgIpc) is 3.21. The molecule has 172 valence electrons. The molecule has 1 fully saturated rings. The summed E-state index contributed by atoms with van der Waals surface area (Å²) in [6.07, 6.45) is -1.82. The van der Waals surface area contributed by atoms with E-state index in [4.69, 9.17) is 9.47 Å². The molecule has 1 aromatic carbocycles. The number of methoxy groups -OCH3 is 2. The van der Waals surface area contributed by atoms with Crippen LogP contribution in [-0.4, -0.2) is 52.5 Å². The molecule has 1 N–H and O–H groups in total. The Hall–Kier alpha value is -2.78. The number of aliphatic hydroxyl groups is 1. The number of ether oxygens (including phenoxy) is 2. The Balaban J connectivity index is 1.43. The molecule has 0 aliphatic carbocycles. The summed E-state index contributed by atoms with van der Waals surface area (Å²) in [5.74, 6) is 1.68. The average molecular weight is 449 g/mol. The molecule has 1 saturated heterocycles. The van der Waals surface area contributed by atoms with Crippen LogP contribution in [0.4, 0.5) is 13.2 Å². The van der Waals surface area contributed by atoms with Crippen LogP contribution in [0.5, 0.6) is 11.5 Å². The number of rotatable bonds is 6. The number of fused-ring (bicyclic) bond motifs is 1. The van der Waals surface area contributed by atoms with Crippen molar-refractivity contribution >= 4 is 0 Å². The lowest BCUT2D eigenvalue weighted by molar-refractivity contribution is -0.140. The van der Waals surface area contributed by atoms with Crippen molar-refractivity contribution in [1.82, 2.24) is 14.5 Å². The van der Waals surface area contributed by atoms with E-state index in [1.54, 1.807) is 37.1 Å². The van der Waals surface area contributed by atoms with Gasteiger partial charge in [0.25, 0.3) is 0 Å². The van der Waals surface area contributed by atoms with Crippen LogP contribution in [0.2, 0.25) is 0 Å². The Morgan fingerprint density at radius 3 is 2.31 bits per heavy atom. The number of likely N-dealkylation sites (tertiary alicyclic amines) is 1. The first kappa shape index (κ1) is 22.4. The summed E-state index contributed by atoms with van der Waals surface area (Å²) in [6, 6.07) is 10.1. The Morgan fingerprint density at radius 1 is 1.06 bits per heavy atom. The normalized spacial score (nSPS) is 16.9. The molecular weight excluding hydrogens is 423 g/mol. The smallest absolute Gasteiger partial charge is 0.433 e. The van der Waals surface area contributed by atoms with Gasteiger partial charge in [-0.15, -0.1) is 0 Å². The monoisotopic (exact) mass is 449 g/mol. The number of halogens is 3. The van der Waals surface area contributed by atoms with E-state index in [1.807, 2.05) is 18.2 Å². The van der Waals surface area contributed by atoms with Gasteiger partial charge in [0, 0.05) is 37.5 Å². The molecule has 0 amide bonds. The fraction of sp³-hybridized carbons (Fsp3) is 0.435. The van der Waals surface area contributed by atoms with Gasteiger partial charge in [-0.25, -0.2) is 4.98 Å². The van der Waals surface area contributed by atoms with Gasteiger partial charge in [-0.1, -0.05) is 0 Å². The van der Waals surface area contributed by atoms with Crippen molar-refractivity contribution in [3.8, 4) is 22.9 Å². The van der Waals surface area contributed by atoms with E-state index in [9.17, 15) is 18.3 Å². The summed E-state index contributed by atoms with van der Waals surface area (Å²) in [7, 11) is 3.22.